The molecule has 1 fully saturated rings. The Bertz CT molecular complexity index is 1140. The third kappa shape index (κ3) is 5.92. The quantitative estimate of drug-likeness (QED) is 0.414. The standard InChI is InChI=1S/C25H29Cl2N3O3/c1-25(2,3)33-24(31)29-12-6-7-18(14-29)16-32-23-28-21-8-4-5-9-22(21)30(23)15-17-10-11-19(26)20(27)13-17/h4-5,8-11,13,18H,6-7,12,14-16H2,1-3H3/t18-/m0/s1. The highest BCUT2D eigenvalue weighted by molar-refractivity contribution is 6.42. The number of imidazole rings is 1. The van der Waals surface area contributed by atoms with E-state index in [1.165, 1.54) is 0 Å². The van der Waals surface area contributed by atoms with Crippen LogP contribution in [-0.4, -0.2) is 45.8 Å². The highest BCUT2D eigenvalue weighted by atomic mass is 35.5. The zero-order valence-electron chi connectivity index (χ0n) is 19.2. The van der Waals surface area contributed by atoms with Gasteiger partial charge in [-0.2, -0.15) is 4.98 Å². The van der Waals surface area contributed by atoms with Crippen molar-refractivity contribution in [2.75, 3.05) is 19.7 Å². The van der Waals surface area contributed by atoms with Gasteiger partial charge in [0.25, 0.3) is 6.01 Å². The van der Waals surface area contributed by atoms with Crippen LogP contribution in [0.2, 0.25) is 10.0 Å². The summed E-state index contributed by atoms with van der Waals surface area (Å²) in [5.74, 6) is 0.213. The molecule has 0 saturated carbocycles. The molecule has 3 aromatic rings. The Labute approximate surface area is 204 Å². The fraction of sp³-hybridized carbons (Fsp3) is 0.440. The first-order chi connectivity index (χ1) is 15.7. The van der Waals surface area contributed by atoms with Gasteiger partial charge < -0.3 is 14.4 Å². The van der Waals surface area contributed by atoms with Crippen molar-refractivity contribution in [2.24, 2.45) is 5.92 Å². The van der Waals surface area contributed by atoms with E-state index < -0.39 is 5.60 Å². The molecule has 1 amide bonds. The van der Waals surface area contributed by atoms with Gasteiger partial charge in [-0.15, -0.1) is 0 Å². The summed E-state index contributed by atoms with van der Waals surface area (Å²) in [5.41, 5.74) is 2.35. The minimum Gasteiger partial charge on any atom is -0.464 e. The molecule has 1 saturated heterocycles. The number of fused-ring (bicyclic) bond motifs is 1. The molecular weight excluding hydrogens is 461 g/mol. The second-order valence-corrected chi connectivity index (χ2v) is 10.3. The smallest absolute Gasteiger partial charge is 0.410 e. The number of ether oxygens (including phenoxy) is 2. The molecule has 8 heteroatoms. The van der Waals surface area contributed by atoms with Crippen LogP contribution in [0, 0.1) is 5.92 Å². The van der Waals surface area contributed by atoms with Crippen molar-refractivity contribution in [3.63, 3.8) is 0 Å². The lowest BCUT2D eigenvalue weighted by atomic mass is 9.99. The number of hydrogen-bond donors (Lipinski definition) is 0. The number of nitrogens with zero attached hydrogens (tertiary/aromatic N) is 3. The summed E-state index contributed by atoms with van der Waals surface area (Å²) >= 11 is 12.3. The van der Waals surface area contributed by atoms with Crippen LogP contribution >= 0.6 is 23.2 Å². The zero-order chi connectivity index (χ0) is 23.6. The molecule has 4 rings (SSSR count). The molecule has 6 nitrogen and oxygen atoms in total. The molecule has 1 aliphatic rings. The second-order valence-electron chi connectivity index (χ2n) is 9.46. The first-order valence-corrected chi connectivity index (χ1v) is 11.9. The van der Waals surface area contributed by atoms with Crippen LogP contribution in [0.15, 0.2) is 42.5 Å². The number of carbonyl (C=O) groups excluding carboxylic acids is 1. The van der Waals surface area contributed by atoms with Crippen molar-refractivity contribution in [1.29, 1.82) is 0 Å². The van der Waals surface area contributed by atoms with Crippen molar-refractivity contribution >= 4 is 40.3 Å². The van der Waals surface area contributed by atoms with Gasteiger partial charge in [0.2, 0.25) is 0 Å². The fourth-order valence-corrected chi connectivity index (χ4v) is 4.34. The van der Waals surface area contributed by atoms with Gasteiger partial charge >= 0.3 is 6.09 Å². The highest BCUT2D eigenvalue weighted by Crippen LogP contribution is 2.27. The van der Waals surface area contributed by atoms with Crippen molar-refractivity contribution in [3.8, 4) is 6.01 Å². The lowest BCUT2D eigenvalue weighted by Gasteiger charge is -2.33. The Morgan fingerprint density at radius 2 is 1.94 bits per heavy atom. The van der Waals surface area contributed by atoms with Gasteiger partial charge in [0.1, 0.15) is 5.60 Å². The molecule has 176 valence electrons. The van der Waals surface area contributed by atoms with E-state index in [9.17, 15) is 4.79 Å². The molecule has 2 aromatic carbocycles. The monoisotopic (exact) mass is 489 g/mol. The Balaban J connectivity index is 1.49. The number of benzene rings is 2. The van der Waals surface area contributed by atoms with E-state index in [1.54, 1.807) is 11.0 Å². The number of halogens is 2. The minimum atomic E-state index is -0.504. The van der Waals surface area contributed by atoms with Gasteiger partial charge in [-0.25, -0.2) is 4.79 Å². The van der Waals surface area contributed by atoms with E-state index in [1.807, 2.05) is 61.7 Å². The van der Waals surface area contributed by atoms with Crippen molar-refractivity contribution in [1.82, 2.24) is 14.5 Å². The van der Waals surface area contributed by atoms with Crippen molar-refractivity contribution < 1.29 is 14.3 Å². The highest BCUT2D eigenvalue weighted by Gasteiger charge is 2.28. The molecule has 0 aliphatic carbocycles. The Morgan fingerprint density at radius 1 is 1.15 bits per heavy atom. The summed E-state index contributed by atoms with van der Waals surface area (Å²) in [6, 6.07) is 14.1. The molecule has 2 heterocycles. The summed E-state index contributed by atoms with van der Waals surface area (Å²) < 4.78 is 13.8. The number of amides is 1. The number of piperidine rings is 1. The van der Waals surface area contributed by atoms with Crippen molar-refractivity contribution in [3.05, 3.63) is 58.1 Å². The number of rotatable bonds is 5. The summed E-state index contributed by atoms with van der Waals surface area (Å²) in [4.78, 5) is 19.0. The molecule has 0 radical (unpaired) electrons. The largest absolute Gasteiger partial charge is 0.464 e. The van der Waals surface area contributed by atoms with Gasteiger partial charge in [-0.1, -0.05) is 41.4 Å². The Kier molecular flexibility index (Phi) is 7.05. The number of hydrogen-bond acceptors (Lipinski definition) is 4. The molecular formula is C25H29Cl2N3O3. The summed E-state index contributed by atoms with van der Waals surface area (Å²) in [5, 5.41) is 1.05. The maximum atomic E-state index is 12.5. The summed E-state index contributed by atoms with van der Waals surface area (Å²) in [7, 11) is 0. The molecule has 1 aromatic heterocycles. The van der Waals surface area contributed by atoms with Crippen LogP contribution in [0.1, 0.15) is 39.2 Å². The minimum absolute atomic E-state index is 0.213. The van der Waals surface area contributed by atoms with Crippen LogP contribution in [0.5, 0.6) is 6.01 Å². The third-order valence-electron chi connectivity index (χ3n) is 5.56. The molecule has 1 aliphatic heterocycles. The van der Waals surface area contributed by atoms with Crippen LogP contribution < -0.4 is 4.74 Å². The lowest BCUT2D eigenvalue weighted by molar-refractivity contribution is 0.0136. The topological polar surface area (TPSA) is 56.6 Å². The lowest BCUT2D eigenvalue weighted by Crippen LogP contribution is -2.44. The van der Waals surface area contributed by atoms with Crippen LogP contribution in [0.4, 0.5) is 4.79 Å². The molecule has 0 unspecified atom stereocenters. The van der Waals surface area contributed by atoms with E-state index in [0.717, 1.165) is 29.4 Å². The predicted octanol–water partition coefficient (Wildman–Crippen LogP) is 6.42. The third-order valence-corrected chi connectivity index (χ3v) is 6.30. The van der Waals surface area contributed by atoms with E-state index in [4.69, 9.17) is 37.7 Å². The normalized spacial score (nSPS) is 16.8. The summed E-state index contributed by atoms with van der Waals surface area (Å²) in [6.45, 7) is 8.00. The Morgan fingerprint density at radius 3 is 2.70 bits per heavy atom. The average Bonchev–Trinajstić information content (AvgIpc) is 3.11. The van der Waals surface area contributed by atoms with Crippen LogP contribution in [0.25, 0.3) is 11.0 Å². The number of para-hydroxylation sites is 2. The second kappa shape index (κ2) is 9.82. The van der Waals surface area contributed by atoms with Gasteiger partial charge in [0.15, 0.2) is 0 Å². The number of aromatic nitrogens is 2. The van der Waals surface area contributed by atoms with Gasteiger partial charge in [-0.3, -0.25) is 4.57 Å². The molecule has 0 N–H and O–H groups in total. The maximum Gasteiger partial charge on any atom is 0.410 e. The van der Waals surface area contributed by atoms with E-state index in [2.05, 4.69) is 0 Å². The van der Waals surface area contributed by atoms with E-state index >= 15 is 0 Å². The molecule has 0 spiro atoms. The van der Waals surface area contributed by atoms with E-state index in [0.29, 0.717) is 42.3 Å². The number of carbonyl (C=O) groups is 1. The molecule has 33 heavy (non-hydrogen) atoms. The molecule has 1 atom stereocenters. The zero-order valence-corrected chi connectivity index (χ0v) is 20.7. The first-order valence-electron chi connectivity index (χ1n) is 11.2. The predicted molar refractivity (Wildman–Crippen MR) is 131 cm³/mol. The number of likely N-dealkylation sites (tertiary alicyclic amines) is 1. The SMILES string of the molecule is CC(C)(C)OC(=O)N1CCC[C@H](COc2nc3ccccc3n2Cc2ccc(Cl)c(Cl)c2)C1. The van der Waals surface area contributed by atoms with Crippen LogP contribution in [0.3, 0.4) is 0 Å². The molecule has 0 bridgehead atoms. The first kappa shape index (κ1) is 23.7. The van der Waals surface area contributed by atoms with E-state index in [-0.39, 0.29) is 12.0 Å². The average molecular weight is 490 g/mol. The van der Waals surface area contributed by atoms with Gasteiger partial charge in [-0.05, 0) is 63.4 Å². The van der Waals surface area contributed by atoms with Crippen molar-refractivity contribution in [2.45, 2.75) is 45.8 Å². The van der Waals surface area contributed by atoms with Crippen LogP contribution in [-0.2, 0) is 11.3 Å². The van der Waals surface area contributed by atoms with Gasteiger partial charge in [0.05, 0.1) is 34.2 Å². The Hall–Kier alpha value is -2.44. The fourth-order valence-electron chi connectivity index (χ4n) is 4.02. The summed E-state index contributed by atoms with van der Waals surface area (Å²) in [6.07, 6.45) is 1.65. The maximum absolute atomic E-state index is 12.5. The van der Waals surface area contributed by atoms with Gasteiger partial charge in [0, 0.05) is 19.0 Å².